The van der Waals surface area contributed by atoms with Crippen LogP contribution in [0.2, 0.25) is 26.2 Å². The number of aryl methyl sites for hydroxylation is 3. The molecule has 0 radical (unpaired) electrons. The number of aromatic nitrogens is 12. The molecule has 588 valence electrons. The van der Waals surface area contributed by atoms with Gasteiger partial charge >= 0.3 is 0 Å². The maximum absolute atomic E-state index is 13.1. The average molecular weight is 1710 g/mol. The van der Waals surface area contributed by atoms with Gasteiger partial charge in [-0.3, -0.25) is 34.7 Å². The topological polar surface area (TPSA) is 353 Å². The van der Waals surface area contributed by atoms with Crippen LogP contribution in [0.25, 0.3) is 44.1 Å². The molecule has 10 heterocycles. The summed E-state index contributed by atoms with van der Waals surface area (Å²) in [5.41, 5.74) is 11.6. The SMILES string of the molecule is CN1CCN(c2ccc(N)cc2)CC1.CN1CCN(c2ccc(Nc3nc(Oc4cccc([N+](=O)[O-])c4)c4ccn(CCF)c4n3)cc2)CC1.Clc1nc(Cl)c2cc[nH]c2n1.FCCBr.FCCn1ccc2c(Cl)nc(Cl)nc21.O=[N+]([O-])c1cccc(O)c1.O=[N+]([O-])c1cccc(Oc2nc(Cl)nc3c2ccn3CCF)c1. The number of nitrogen functional groups attached to an aromatic ring is 1. The molecule has 40 heteroatoms. The number of benzene rings is 5. The van der Waals surface area contributed by atoms with Crippen molar-refractivity contribution in [2.24, 2.45) is 0 Å². The molecule has 2 saturated heterocycles. The van der Waals surface area contributed by atoms with E-state index in [1.165, 1.54) is 54.2 Å². The number of nitrogens with two attached hydrogens (primary N) is 1. The van der Waals surface area contributed by atoms with Gasteiger partial charge in [0.1, 0.15) is 70.2 Å². The van der Waals surface area contributed by atoms with Crippen LogP contribution < -0.4 is 30.3 Å². The Kier molecular flexibility index (Phi) is 31.7. The lowest BCUT2D eigenvalue weighted by Crippen LogP contribution is -2.44. The van der Waals surface area contributed by atoms with Gasteiger partial charge in [0.2, 0.25) is 33.6 Å². The highest BCUT2D eigenvalue weighted by Gasteiger charge is 2.21. The summed E-state index contributed by atoms with van der Waals surface area (Å²) >= 11 is 31.5. The fourth-order valence-corrected chi connectivity index (χ4v) is 11.8. The Morgan fingerprint density at radius 1 is 0.500 bits per heavy atom. The van der Waals surface area contributed by atoms with Gasteiger partial charge in [0.05, 0.1) is 80.8 Å². The van der Waals surface area contributed by atoms with Gasteiger partial charge in [-0.05, 0) is 140 Å². The minimum atomic E-state index is -0.556. The van der Waals surface area contributed by atoms with E-state index in [-0.39, 0.29) is 99.3 Å². The molecule has 0 atom stereocenters. The summed E-state index contributed by atoms with van der Waals surface area (Å²) in [6, 6.07) is 39.9. The maximum atomic E-state index is 13.1. The number of nitro benzene ring substituents is 3. The number of nitrogens with zero attached hydrogens (tertiary/aromatic N) is 18. The number of piperazine rings is 2. The van der Waals surface area contributed by atoms with Crippen LogP contribution in [0.15, 0.2) is 170 Å². The van der Waals surface area contributed by atoms with Crippen LogP contribution in [-0.2, 0) is 19.6 Å². The van der Waals surface area contributed by atoms with E-state index in [1.807, 2.05) is 24.3 Å². The second kappa shape index (κ2) is 41.8. The number of aromatic hydroxyl groups is 1. The zero-order valence-electron chi connectivity index (χ0n) is 59.6. The van der Waals surface area contributed by atoms with E-state index in [1.54, 1.807) is 81.0 Å². The first-order valence-electron chi connectivity index (χ1n) is 33.9. The molecule has 15 rings (SSSR count). The zero-order valence-corrected chi connectivity index (χ0v) is 65.0. The fraction of sp³-hybridized carbons (Fsp3) is 0.250. The molecule has 0 saturated carbocycles. The van der Waals surface area contributed by atoms with E-state index < -0.39 is 34.8 Å². The average Bonchev–Trinajstić information content (AvgIpc) is 1.59. The Hall–Kier alpha value is -11.1. The summed E-state index contributed by atoms with van der Waals surface area (Å²) in [7, 11) is 4.29. The second-order valence-corrected chi connectivity index (χ2v) is 26.5. The third kappa shape index (κ3) is 24.2. The van der Waals surface area contributed by atoms with E-state index in [4.69, 9.17) is 78.3 Å². The highest BCUT2D eigenvalue weighted by atomic mass is 79.9. The van der Waals surface area contributed by atoms with Crippen molar-refractivity contribution in [3.05, 3.63) is 227 Å². The van der Waals surface area contributed by atoms with Crippen LogP contribution in [0.3, 0.4) is 0 Å². The van der Waals surface area contributed by atoms with Crippen molar-refractivity contribution >= 4 is 164 Å². The molecule has 2 aliphatic heterocycles. The maximum Gasteiger partial charge on any atom is 0.273 e. The summed E-state index contributed by atoms with van der Waals surface area (Å²) in [6.45, 7) is 7.21. The number of phenolic OH excluding ortho intramolecular Hbond substituents is 1. The summed E-state index contributed by atoms with van der Waals surface area (Å²) in [4.78, 5) is 75.4. The lowest BCUT2D eigenvalue weighted by molar-refractivity contribution is -0.385. The first-order valence-corrected chi connectivity index (χ1v) is 36.9. The molecule has 2 fully saturated rings. The predicted octanol–water partition coefficient (Wildman–Crippen LogP) is 17.0. The summed E-state index contributed by atoms with van der Waals surface area (Å²) < 4.78 is 65.0. The molecule has 13 aromatic rings. The third-order valence-electron chi connectivity index (χ3n) is 16.4. The van der Waals surface area contributed by atoms with E-state index >= 15 is 0 Å². The smallest absolute Gasteiger partial charge is 0.273 e. The molecule has 0 aliphatic carbocycles. The van der Waals surface area contributed by atoms with Crippen molar-refractivity contribution in [1.82, 2.24) is 68.4 Å². The van der Waals surface area contributed by atoms with Crippen LogP contribution in [0.5, 0.6) is 29.0 Å². The van der Waals surface area contributed by atoms with Crippen molar-refractivity contribution in [3.63, 3.8) is 0 Å². The Bertz CT molecular complexity index is 5280. The largest absolute Gasteiger partial charge is 0.508 e. The van der Waals surface area contributed by atoms with Gasteiger partial charge in [0.15, 0.2) is 0 Å². The number of non-ortho nitro benzene ring substituents is 3. The summed E-state index contributed by atoms with van der Waals surface area (Å²) in [6.07, 6.45) is 6.81. The highest BCUT2D eigenvalue weighted by molar-refractivity contribution is 9.09. The number of halogens is 10. The first-order chi connectivity index (χ1) is 53.9. The number of ether oxygens (including phenoxy) is 2. The van der Waals surface area contributed by atoms with Crippen LogP contribution in [-0.4, -0.2) is 187 Å². The molecule has 2 aliphatic rings. The van der Waals surface area contributed by atoms with E-state index in [0.717, 1.165) is 80.9 Å². The molecule has 30 nitrogen and oxygen atoms in total. The Morgan fingerprint density at radius 3 is 1.37 bits per heavy atom. The van der Waals surface area contributed by atoms with Gasteiger partial charge < -0.3 is 63.9 Å². The predicted molar refractivity (Wildman–Crippen MR) is 430 cm³/mol. The number of hydrogen-bond donors (Lipinski definition) is 4. The zero-order chi connectivity index (χ0) is 80.4. The molecule has 5 aromatic carbocycles. The van der Waals surface area contributed by atoms with Crippen molar-refractivity contribution in [2.75, 3.05) is 119 Å². The monoisotopic (exact) mass is 1700 g/mol. The Labute approximate surface area is 669 Å². The Balaban J connectivity index is 0.000000163. The molecule has 5 N–H and O–H groups in total. The lowest BCUT2D eigenvalue weighted by Gasteiger charge is -2.34. The van der Waals surface area contributed by atoms with Crippen molar-refractivity contribution in [3.8, 4) is 29.0 Å². The number of likely N-dealkylation sites (N-methyl/N-ethyl adjacent to an activating group) is 2. The Morgan fingerprint density at radius 2 is 0.911 bits per heavy atom. The number of fused-ring (bicyclic) bond motifs is 4. The van der Waals surface area contributed by atoms with Gasteiger partial charge in [-0.25, -0.2) is 23.1 Å². The van der Waals surface area contributed by atoms with Crippen LogP contribution >= 0.6 is 73.9 Å². The number of phenols is 1. The number of nitro groups is 3. The summed E-state index contributed by atoms with van der Waals surface area (Å²) in [5.74, 6) is 1.06. The van der Waals surface area contributed by atoms with Crippen molar-refractivity contribution in [1.29, 1.82) is 0 Å². The summed E-state index contributed by atoms with van der Waals surface area (Å²) in [5, 5.41) is 47.9. The van der Waals surface area contributed by atoms with Gasteiger partial charge in [-0.1, -0.05) is 57.3 Å². The second-order valence-electron chi connectivity index (χ2n) is 24.0. The van der Waals surface area contributed by atoms with E-state index in [9.17, 15) is 47.9 Å². The molecule has 112 heavy (non-hydrogen) atoms. The van der Waals surface area contributed by atoms with Crippen LogP contribution in [0.1, 0.15) is 0 Å². The molecular formula is C72H71BrCl5F4N21O9. The molecule has 0 unspecified atom stereocenters. The molecular weight excluding hydrogens is 1640 g/mol. The number of nitrogens with one attached hydrogen (secondary N) is 2. The van der Waals surface area contributed by atoms with Crippen molar-refractivity contribution in [2.45, 2.75) is 19.6 Å². The van der Waals surface area contributed by atoms with Crippen molar-refractivity contribution < 1.29 is 46.9 Å². The van der Waals surface area contributed by atoms with E-state index in [0.29, 0.717) is 49.2 Å². The number of aromatic amines is 1. The number of anilines is 5. The number of alkyl halides is 5. The number of rotatable bonds is 18. The molecule has 0 bridgehead atoms. The lowest BCUT2D eigenvalue weighted by atomic mass is 10.2. The van der Waals surface area contributed by atoms with Crippen LogP contribution in [0, 0.1) is 30.3 Å². The third-order valence-corrected chi connectivity index (χ3v) is 17.7. The van der Waals surface area contributed by atoms with Gasteiger partial charge in [-0.2, -0.15) is 29.9 Å². The quantitative estimate of drug-likeness (QED) is 0.0118. The molecule has 0 spiro atoms. The normalized spacial score (nSPS) is 12.6. The molecule has 0 amide bonds. The number of H-pyrrole nitrogens is 1. The first kappa shape index (κ1) is 85.0. The highest BCUT2D eigenvalue weighted by Crippen LogP contribution is 2.35. The van der Waals surface area contributed by atoms with Crippen LogP contribution in [0.4, 0.5) is 63.3 Å². The number of hydrogen-bond acceptors (Lipinski definition) is 23. The minimum absolute atomic E-state index is 0.0586. The standard InChI is InChI=1S/C25H26FN7O3.C14H10ClFN4O3.C11H17N3.C8H6Cl2FN3.C6H3Cl2N3.C6H5NO3.C2H4BrF/c1-30-13-15-31(16-14-30)19-7-5-18(6-8-19)27-25-28-23-22(9-11-32(23)12-10-26)24(29-25)36-21-4-2-3-20(17-21)33(34)35;15-14-17-12-11(4-6-19(12)7-5-16)13(18-14)23-10-3-1-2-9(8-10)20(21)22;1-13-6-8-14(9-7-13)11-4-2-10(12)3-5-11;9-6-5-1-3-14(4-2-11)7(5)13-8(10)12-6;7-4-3-1-2-9-5(3)11-6(8)10-4;8-6-3-1-2-5(4-6)7(9)10;3-1-2-4/h2-9,11,17H,10,12-16H2,1H3,(H,27,28,29);1-4,6,8H,5,7H2;2-5H,6-9,12H2,1H3;1,3H,2,4H2;1-2H,(H,9,10,11);1-4,8H;1-2H2. The van der Waals surface area contributed by atoms with Gasteiger partial charge in [0, 0.05) is 123 Å². The molecule has 8 aromatic heterocycles. The fourth-order valence-electron chi connectivity index (χ4n) is 10.8. The van der Waals surface area contributed by atoms with E-state index in [2.05, 4.69) is 124 Å². The minimum Gasteiger partial charge on any atom is -0.508 e. The van der Waals surface area contributed by atoms with Gasteiger partial charge in [-0.15, -0.1) is 0 Å². The van der Waals surface area contributed by atoms with Gasteiger partial charge in [0.25, 0.3) is 17.1 Å².